The van der Waals surface area contributed by atoms with Crippen LogP contribution in [0.5, 0.6) is 11.5 Å². The minimum absolute atomic E-state index is 0.163. The lowest BCUT2D eigenvalue weighted by atomic mass is 10.2. The molecule has 3 aromatic rings. The Morgan fingerprint density at radius 1 is 1.24 bits per heavy atom. The Morgan fingerprint density at radius 2 is 1.97 bits per heavy atom. The minimum atomic E-state index is -0.309. The van der Waals surface area contributed by atoms with Crippen molar-refractivity contribution in [3.05, 3.63) is 58.0 Å². The third-order valence-electron chi connectivity index (χ3n) is 4.45. The smallest absolute Gasteiger partial charge is 0.258 e. The maximum atomic E-state index is 12.5. The molecule has 0 aliphatic heterocycles. The van der Waals surface area contributed by atoms with Crippen molar-refractivity contribution in [3.63, 3.8) is 0 Å². The Hall–Kier alpha value is -3.55. The van der Waals surface area contributed by atoms with E-state index in [2.05, 4.69) is 9.97 Å². The van der Waals surface area contributed by atoms with E-state index in [9.17, 15) is 9.59 Å². The van der Waals surface area contributed by atoms with Crippen LogP contribution in [0.15, 0.2) is 39.6 Å². The van der Waals surface area contributed by atoms with Gasteiger partial charge < -0.3 is 23.8 Å². The first-order chi connectivity index (χ1) is 13.9. The number of nitrogens with zero attached hydrogens (tertiary/aromatic N) is 2. The van der Waals surface area contributed by atoms with Crippen LogP contribution in [0.1, 0.15) is 24.3 Å². The highest BCUT2D eigenvalue weighted by Crippen LogP contribution is 2.29. The fraction of sp³-hybridized carbons (Fsp3) is 0.286. The third-order valence-corrected chi connectivity index (χ3v) is 4.45. The number of aromatic nitrogens is 2. The maximum Gasteiger partial charge on any atom is 0.258 e. The third kappa shape index (κ3) is 4.48. The Morgan fingerprint density at radius 3 is 2.59 bits per heavy atom. The summed E-state index contributed by atoms with van der Waals surface area (Å²) in [4.78, 5) is 33.8. The zero-order valence-corrected chi connectivity index (χ0v) is 16.8. The number of ether oxygens (including phenoxy) is 2. The molecule has 0 spiro atoms. The molecule has 1 amide bonds. The molecule has 0 unspecified atom stereocenters. The summed E-state index contributed by atoms with van der Waals surface area (Å²) in [5, 5.41) is 0.383. The van der Waals surface area contributed by atoms with Crippen molar-refractivity contribution in [2.45, 2.75) is 20.4 Å². The van der Waals surface area contributed by atoms with Gasteiger partial charge in [0.05, 0.1) is 31.7 Å². The van der Waals surface area contributed by atoms with E-state index in [0.717, 1.165) is 5.76 Å². The van der Waals surface area contributed by atoms with Crippen LogP contribution in [0.4, 0.5) is 0 Å². The number of fused-ring (bicyclic) bond motifs is 1. The van der Waals surface area contributed by atoms with E-state index in [-0.39, 0.29) is 18.0 Å². The Balaban J connectivity index is 1.86. The molecule has 1 N–H and O–H groups in total. The minimum Gasteiger partial charge on any atom is -0.493 e. The molecule has 29 heavy (non-hydrogen) atoms. The molecule has 0 aliphatic carbocycles. The summed E-state index contributed by atoms with van der Waals surface area (Å²) < 4.78 is 15.9. The lowest BCUT2D eigenvalue weighted by Crippen LogP contribution is -2.30. The largest absolute Gasteiger partial charge is 0.493 e. The summed E-state index contributed by atoms with van der Waals surface area (Å²) in [6.07, 6.45) is 3.06. The predicted octanol–water partition coefficient (Wildman–Crippen LogP) is 2.90. The molecule has 0 atom stereocenters. The molecule has 0 saturated heterocycles. The number of likely N-dealkylation sites (N-methyl/N-ethyl adjacent to an activating group) is 1. The van der Waals surface area contributed by atoms with Crippen LogP contribution >= 0.6 is 0 Å². The number of hydrogen-bond acceptors (Lipinski definition) is 6. The van der Waals surface area contributed by atoms with Gasteiger partial charge in [-0.05, 0) is 38.1 Å². The van der Waals surface area contributed by atoms with Crippen molar-refractivity contribution in [1.29, 1.82) is 0 Å². The fourth-order valence-electron chi connectivity index (χ4n) is 2.92. The summed E-state index contributed by atoms with van der Waals surface area (Å²) in [7, 11) is 3.02. The molecule has 152 valence electrons. The van der Waals surface area contributed by atoms with Gasteiger partial charge >= 0.3 is 0 Å². The van der Waals surface area contributed by atoms with Gasteiger partial charge in [-0.1, -0.05) is 0 Å². The number of hydrogen-bond donors (Lipinski definition) is 1. The first kappa shape index (κ1) is 20.2. The Bertz CT molecular complexity index is 1110. The standard InChI is InChI=1S/C21H23N3O5/c1-5-24(20(25)9-8-14-7-6-13(2)29-14)12-19-22-16-11-18(28-4)17(27-3)10-15(16)21(26)23-19/h6-11H,5,12H2,1-4H3,(H,22,23,26). The molecule has 3 rings (SSSR count). The Labute approximate surface area is 167 Å². The van der Waals surface area contributed by atoms with Crippen LogP contribution < -0.4 is 15.0 Å². The number of aryl methyl sites for hydroxylation is 1. The highest BCUT2D eigenvalue weighted by atomic mass is 16.5. The molecule has 0 bridgehead atoms. The highest BCUT2D eigenvalue weighted by molar-refractivity contribution is 5.91. The van der Waals surface area contributed by atoms with Crippen molar-refractivity contribution >= 4 is 22.9 Å². The molecule has 8 heteroatoms. The number of carbonyl (C=O) groups is 1. The lowest BCUT2D eigenvalue weighted by molar-refractivity contribution is -0.126. The average Bonchev–Trinajstić information content (AvgIpc) is 3.14. The van der Waals surface area contributed by atoms with Crippen LogP contribution in [0.2, 0.25) is 0 Å². The number of amides is 1. The Kier molecular flexibility index (Phi) is 6.01. The first-order valence-corrected chi connectivity index (χ1v) is 9.13. The van der Waals surface area contributed by atoms with Gasteiger partial charge in [0.15, 0.2) is 11.5 Å². The second-order valence-corrected chi connectivity index (χ2v) is 6.37. The van der Waals surface area contributed by atoms with Crippen LogP contribution in [0.3, 0.4) is 0 Å². The van der Waals surface area contributed by atoms with Gasteiger partial charge in [0.25, 0.3) is 5.56 Å². The molecule has 2 heterocycles. The van der Waals surface area contributed by atoms with Gasteiger partial charge in [0, 0.05) is 18.7 Å². The topological polar surface area (TPSA) is 97.7 Å². The van der Waals surface area contributed by atoms with Gasteiger partial charge in [-0.3, -0.25) is 9.59 Å². The number of benzene rings is 1. The number of carbonyl (C=O) groups excluding carboxylic acids is 1. The van der Waals surface area contributed by atoms with E-state index in [1.807, 2.05) is 19.9 Å². The predicted molar refractivity (Wildman–Crippen MR) is 109 cm³/mol. The molecular weight excluding hydrogens is 374 g/mol. The van der Waals surface area contributed by atoms with Crippen LogP contribution in [0.25, 0.3) is 17.0 Å². The van der Waals surface area contributed by atoms with Gasteiger partial charge in [0.2, 0.25) is 5.91 Å². The SMILES string of the molecule is CCN(Cc1nc2cc(OC)c(OC)cc2c(=O)[nH]1)C(=O)C=Cc1ccc(C)o1. The second-order valence-electron chi connectivity index (χ2n) is 6.37. The summed E-state index contributed by atoms with van der Waals surface area (Å²) in [5.74, 6) is 2.47. The molecule has 8 nitrogen and oxygen atoms in total. The second kappa shape index (κ2) is 8.64. The van der Waals surface area contributed by atoms with Crippen molar-refractivity contribution in [2.24, 2.45) is 0 Å². The van der Waals surface area contributed by atoms with Gasteiger partial charge in [-0.25, -0.2) is 4.98 Å². The molecule has 0 saturated carbocycles. The summed E-state index contributed by atoms with van der Waals surface area (Å²) in [5.41, 5.74) is 0.155. The van der Waals surface area contributed by atoms with E-state index in [4.69, 9.17) is 13.9 Å². The molecule has 1 aromatic carbocycles. The zero-order chi connectivity index (χ0) is 21.0. The zero-order valence-electron chi connectivity index (χ0n) is 16.8. The van der Waals surface area contributed by atoms with Crippen molar-refractivity contribution in [2.75, 3.05) is 20.8 Å². The van der Waals surface area contributed by atoms with E-state index in [0.29, 0.717) is 40.5 Å². The van der Waals surface area contributed by atoms with Crippen molar-refractivity contribution in [1.82, 2.24) is 14.9 Å². The van der Waals surface area contributed by atoms with E-state index in [1.54, 1.807) is 29.2 Å². The van der Waals surface area contributed by atoms with Gasteiger partial charge in [-0.2, -0.15) is 0 Å². The average molecular weight is 397 g/mol. The number of aromatic amines is 1. The summed E-state index contributed by atoms with van der Waals surface area (Å²) >= 11 is 0. The number of furan rings is 1. The quantitative estimate of drug-likeness (QED) is 0.616. The first-order valence-electron chi connectivity index (χ1n) is 9.13. The molecule has 0 radical (unpaired) electrons. The maximum absolute atomic E-state index is 12.5. The van der Waals surface area contributed by atoms with E-state index < -0.39 is 0 Å². The van der Waals surface area contributed by atoms with Crippen LogP contribution in [0, 0.1) is 6.92 Å². The molecular formula is C21H23N3O5. The highest BCUT2D eigenvalue weighted by Gasteiger charge is 2.14. The lowest BCUT2D eigenvalue weighted by Gasteiger charge is -2.18. The number of rotatable bonds is 7. The van der Waals surface area contributed by atoms with Crippen LogP contribution in [-0.4, -0.2) is 41.5 Å². The normalized spacial score (nSPS) is 11.2. The van der Waals surface area contributed by atoms with Crippen LogP contribution in [-0.2, 0) is 11.3 Å². The summed E-state index contributed by atoms with van der Waals surface area (Å²) in [6.45, 7) is 4.31. The van der Waals surface area contributed by atoms with E-state index in [1.165, 1.54) is 20.3 Å². The van der Waals surface area contributed by atoms with Crippen molar-refractivity contribution in [3.8, 4) is 11.5 Å². The number of H-pyrrole nitrogens is 1. The number of nitrogens with one attached hydrogen (secondary N) is 1. The molecule has 0 aliphatic rings. The molecule has 0 fully saturated rings. The molecule has 2 aromatic heterocycles. The fourth-order valence-corrected chi connectivity index (χ4v) is 2.92. The number of methoxy groups -OCH3 is 2. The summed E-state index contributed by atoms with van der Waals surface area (Å²) in [6, 6.07) is 6.85. The van der Waals surface area contributed by atoms with Crippen molar-refractivity contribution < 1.29 is 18.7 Å². The van der Waals surface area contributed by atoms with Gasteiger partial charge in [-0.15, -0.1) is 0 Å². The van der Waals surface area contributed by atoms with E-state index >= 15 is 0 Å². The monoisotopic (exact) mass is 397 g/mol. The van der Waals surface area contributed by atoms with Gasteiger partial charge in [0.1, 0.15) is 17.3 Å².